The van der Waals surface area contributed by atoms with Crippen molar-refractivity contribution in [2.24, 2.45) is 5.73 Å². The summed E-state index contributed by atoms with van der Waals surface area (Å²) in [6, 6.07) is 11.2. The van der Waals surface area contributed by atoms with E-state index in [1.165, 1.54) is 19.2 Å². The average Bonchev–Trinajstić information content (AvgIpc) is 2.46. The molecule has 102 valence electrons. The number of nitrogens with two attached hydrogens (primary N) is 1. The zero-order valence-electron chi connectivity index (χ0n) is 10.8. The van der Waals surface area contributed by atoms with Gasteiger partial charge in [-0.1, -0.05) is 12.1 Å². The molecule has 0 heterocycles. The van der Waals surface area contributed by atoms with Crippen LogP contribution < -0.4 is 10.5 Å². The number of hydrogen-bond donors (Lipinski definition) is 2. The normalized spacial score (nSPS) is 10.1. The molecule has 0 aromatic heterocycles. The first kappa shape index (κ1) is 13.6. The van der Waals surface area contributed by atoms with Gasteiger partial charge in [-0.05, 0) is 35.9 Å². The Kier molecular flexibility index (Phi) is 3.70. The molecule has 0 aliphatic heterocycles. The van der Waals surface area contributed by atoms with Crippen molar-refractivity contribution in [3.05, 3.63) is 53.6 Å². The van der Waals surface area contributed by atoms with Gasteiger partial charge < -0.3 is 15.6 Å². The SMILES string of the molecule is COc1ccc(C(=O)O)cc1-c1ccc(C(N)=O)cc1. The van der Waals surface area contributed by atoms with Crippen LogP contribution in [0.5, 0.6) is 5.75 Å². The maximum atomic E-state index is 11.0. The fourth-order valence-electron chi connectivity index (χ4n) is 1.88. The molecule has 20 heavy (non-hydrogen) atoms. The Morgan fingerprint density at radius 2 is 1.65 bits per heavy atom. The van der Waals surface area contributed by atoms with Crippen LogP contribution in [0.4, 0.5) is 0 Å². The van der Waals surface area contributed by atoms with Crippen molar-refractivity contribution >= 4 is 11.9 Å². The third-order valence-corrected chi connectivity index (χ3v) is 2.93. The summed E-state index contributed by atoms with van der Waals surface area (Å²) in [6.45, 7) is 0. The van der Waals surface area contributed by atoms with Crippen LogP contribution in [0, 0.1) is 0 Å². The minimum absolute atomic E-state index is 0.166. The van der Waals surface area contributed by atoms with Crippen LogP contribution in [0.2, 0.25) is 0 Å². The Morgan fingerprint density at radius 3 is 2.15 bits per heavy atom. The van der Waals surface area contributed by atoms with Crippen molar-refractivity contribution in [3.63, 3.8) is 0 Å². The fraction of sp³-hybridized carbons (Fsp3) is 0.0667. The van der Waals surface area contributed by atoms with Crippen LogP contribution >= 0.6 is 0 Å². The van der Waals surface area contributed by atoms with Gasteiger partial charge in [0.25, 0.3) is 0 Å². The summed E-state index contributed by atoms with van der Waals surface area (Å²) in [6.07, 6.45) is 0. The lowest BCUT2D eigenvalue weighted by atomic mass is 10.0. The molecule has 0 aliphatic rings. The van der Waals surface area contributed by atoms with Gasteiger partial charge in [-0.2, -0.15) is 0 Å². The van der Waals surface area contributed by atoms with Gasteiger partial charge in [-0.15, -0.1) is 0 Å². The monoisotopic (exact) mass is 271 g/mol. The number of primary amides is 1. The topological polar surface area (TPSA) is 89.6 Å². The number of benzene rings is 2. The van der Waals surface area contributed by atoms with Gasteiger partial charge in [0.2, 0.25) is 5.91 Å². The largest absolute Gasteiger partial charge is 0.496 e. The highest BCUT2D eigenvalue weighted by atomic mass is 16.5. The van der Waals surface area contributed by atoms with E-state index in [0.29, 0.717) is 16.9 Å². The third-order valence-electron chi connectivity index (χ3n) is 2.93. The smallest absolute Gasteiger partial charge is 0.335 e. The van der Waals surface area contributed by atoms with Gasteiger partial charge in [-0.3, -0.25) is 4.79 Å². The van der Waals surface area contributed by atoms with Gasteiger partial charge in [0.1, 0.15) is 5.75 Å². The van der Waals surface area contributed by atoms with Crippen LogP contribution in [-0.4, -0.2) is 24.1 Å². The van der Waals surface area contributed by atoms with Gasteiger partial charge >= 0.3 is 5.97 Å². The lowest BCUT2D eigenvalue weighted by Crippen LogP contribution is -2.10. The summed E-state index contributed by atoms with van der Waals surface area (Å²) in [7, 11) is 1.51. The number of aromatic carboxylic acids is 1. The van der Waals surface area contributed by atoms with E-state index in [4.69, 9.17) is 15.6 Å². The van der Waals surface area contributed by atoms with E-state index in [2.05, 4.69) is 0 Å². The molecule has 2 aromatic rings. The molecular weight excluding hydrogens is 258 g/mol. The Bertz CT molecular complexity index is 662. The molecule has 3 N–H and O–H groups in total. The molecule has 0 spiro atoms. The molecule has 5 heteroatoms. The van der Waals surface area contributed by atoms with E-state index >= 15 is 0 Å². The van der Waals surface area contributed by atoms with Crippen molar-refractivity contribution < 1.29 is 19.4 Å². The molecule has 2 rings (SSSR count). The summed E-state index contributed by atoms with van der Waals surface area (Å²) < 4.78 is 5.23. The molecule has 1 amide bonds. The summed E-state index contributed by atoms with van der Waals surface area (Å²) >= 11 is 0. The van der Waals surface area contributed by atoms with Crippen LogP contribution in [0.15, 0.2) is 42.5 Å². The Labute approximate surface area is 115 Å². The first-order chi connectivity index (χ1) is 9.52. The minimum Gasteiger partial charge on any atom is -0.496 e. The van der Waals surface area contributed by atoms with E-state index in [1.807, 2.05) is 0 Å². The molecule has 0 aliphatic carbocycles. The van der Waals surface area contributed by atoms with Crippen molar-refractivity contribution in [3.8, 4) is 16.9 Å². The van der Waals surface area contributed by atoms with E-state index in [-0.39, 0.29) is 5.56 Å². The van der Waals surface area contributed by atoms with Crippen LogP contribution in [0.1, 0.15) is 20.7 Å². The van der Waals surface area contributed by atoms with Gasteiger partial charge in [0, 0.05) is 11.1 Å². The Hall–Kier alpha value is -2.82. The summed E-state index contributed by atoms with van der Waals surface area (Å²) in [5.41, 5.74) is 7.13. The highest BCUT2D eigenvalue weighted by Crippen LogP contribution is 2.31. The highest BCUT2D eigenvalue weighted by molar-refractivity contribution is 5.94. The minimum atomic E-state index is -1.01. The zero-order chi connectivity index (χ0) is 14.7. The lowest BCUT2D eigenvalue weighted by molar-refractivity contribution is 0.0696. The predicted molar refractivity (Wildman–Crippen MR) is 73.9 cm³/mol. The van der Waals surface area contributed by atoms with Crippen molar-refractivity contribution in [1.29, 1.82) is 0 Å². The number of hydrogen-bond acceptors (Lipinski definition) is 3. The number of ether oxygens (including phenoxy) is 1. The van der Waals surface area contributed by atoms with Crippen molar-refractivity contribution in [2.75, 3.05) is 7.11 Å². The average molecular weight is 271 g/mol. The standard InChI is InChI=1S/C15H13NO4/c1-20-13-7-6-11(15(18)19)8-12(13)9-2-4-10(5-3-9)14(16)17/h2-8H,1H3,(H2,16,17)(H,18,19). The highest BCUT2D eigenvalue weighted by Gasteiger charge is 2.11. The first-order valence-corrected chi connectivity index (χ1v) is 5.84. The van der Waals surface area contributed by atoms with Gasteiger partial charge in [0.05, 0.1) is 12.7 Å². The molecule has 0 saturated carbocycles. The van der Waals surface area contributed by atoms with E-state index < -0.39 is 11.9 Å². The molecule has 0 radical (unpaired) electrons. The first-order valence-electron chi connectivity index (χ1n) is 5.84. The zero-order valence-corrected chi connectivity index (χ0v) is 10.8. The predicted octanol–water partition coefficient (Wildman–Crippen LogP) is 2.16. The number of carboxylic acids is 1. The van der Waals surface area contributed by atoms with Crippen LogP contribution in [-0.2, 0) is 0 Å². The summed E-state index contributed by atoms with van der Waals surface area (Å²) in [5, 5.41) is 9.03. The molecule has 0 unspecified atom stereocenters. The van der Waals surface area contributed by atoms with Crippen LogP contribution in [0.3, 0.4) is 0 Å². The number of amides is 1. The lowest BCUT2D eigenvalue weighted by Gasteiger charge is -2.10. The van der Waals surface area contributed by atoms with Crippen LogP contribution in [0.25, 0.3) is 11.1 Å². The molecular formula is C15H13NO4. The molecule has 5 nitrogen and oxygen atoms in total. The number of rotatable bonds is 4. The maximum absolute atomic E-state index is 11.0. The van der Waals surface area contributed by atoms with E-state index in [1.54, 1.807) is 30.3 Å². The molecule has 0 atom stereocenters. The molecule has 0 saturated heterocycles. The second-order valence-electron chi connectivity index (χ2n) is 4.16. The third kappa shape index (κ3) is 2.61. The second kappa shape index (κ2) is 5.44. The quantitative estimate of drug-likeness (QED) is 0.891. The summed E-state index contributed by atoms with van der Waals surface area (Å²) in [5.74, 6) is -0.965. The number of carbonyl (C=O) groups is 2. The van der Waals surface area contributed by atoms with E-state index in [0.717, 1.165) is 5.56 Å². The Balaban J connectivity index is 2.52. The van der Waals surface area contributed by atoms with Crippen molar-refractivity contribution in [2.45, 2.75) is 0 Å². The number of carbonyl (C=O) groups excluding carboxylic acids is 1. The summed E-state index contributed by atoms with van der Waals surface area (Å²) in [4.78, 5) is 22.1. The number of carboxylic acid groups (broad SMARTS) is 1. The second-order valence-corrected chi connectivity index (χ2v) is 4.16. The Morgan fingerprint density at radius 1 is 1.05 bits per heavy atom. The fourth-order valence-corrected chi connectivity index (χ4v) is 1.88. The molecule has 0 bridgehead atoms. The van der Waals surface area contributed by atoms with Crippen molar-refractivity contribution in [1.82, 2.24) is 0 Å². The number of methoxy groups -OCH3 is 1. The molecule has 2 aromatic carbocycles. The van der Waals surface area contributed by atoms with Gasteiger partial charge in [-0.25, -0.2) is 4.79 Å². The maximum Gasteiger partial charge on any atom is 0.335 e. The van der Waals surface area contributed by atoms with E-state index in [9.17, 15) is 9.59 Å². The molecule has 0 fully saturated rings. The van der Waals surface area contributed by atoms with Gasteiger partial charge in [0.15, 0.2) is 0 Å².